The molecule has 0 saturated heterocycles. The van der Waals surface area contributed by atoms with Crippen LogP contribution in [0.4, 0.5) is 8.78 Å². The standard InChI is InChI=1S/C17H12ClF2N3O2/c18-14-12-3-1-2-4-13(12)22-15(14)16(24)23-21-9-10-5-7-11(8-6-10)25-17(19)20/h1-9,17,22H,(H,23,24)/b21-9-. The maximum atomic E-state index is 12.2. The highest BCUT2D eigenvalue weighted by Crippen LogP contribution is 2.26. The molecule has 0 unspecified atom stereocenters. The molecule has 1 amide bonds. The highest BCUT2D eigenvalue weighted by molar-refractivity contribution is 6.38. The second-order valence-electron chi connectivity index (χ2n) is 5.01. The van der Waals surface area contributed by atoms with Crippen LogP contribution in [0.25, 0.3) is 10.9 Å². The molecule has 128 valence electrons. The topological polar surface area (TPSA) is 66.5 Å². The quantitative estimate of drug-likeness (QED) is 0.527. The van der Waals surface area contributed by atoms with Crippen LogP contribution in [-0.4, -0.2) is 23.7 Å². The minimum atomic E-state index is -2.88. The highest BCUT2D eigenvalue weighted by atomic mass is 35.5. The van der Waals surface area contributed by atoms with Gasteiger partial charge in [-0.2, -0.15) is 13.9 Å². The second-order valence-corrected chi connectivity index (χ2v) is 5.38. The first-order valence-corrected chi connectivity index (χ1v) is 7.57. The van der Waals surface area contributed by atoms with Crippen molar-refractivity contribution in [1.29, 1.82) is 0 Å². The van der Waals surface area contributed by atoms with Gasteiger partial charge in [-0.25, -0.2) is 5.43 Å². The summed E-state index contributed by atoms with van der Waals surface area (Å²) in [7, 11) is 0. The van der Waals surface area contributed by atoms with Crippen LogP contribution in [0.3, 0.4) is 0 Å². The average molecular weight is 364 g/mol. The lowest BCUT2D eigenvalue weighted by Gasteiger charge is -2.03. The maximum Gasteiger partial charge on any atom is 0.387 e. The van der Waals surface area contributed by atoms with Gasteiger partial charge in [0.05, 0.1) is 11.2 Å². The normalized spacial score (nSPS) is 11.4. The molecular weight excluding hydrogens is 352 g/mol. The number of fused-ring (bicyclic) bond motifs is 1. The van der Waals surface area contributed by atoms with E-state index in [0.717, 1.165) is 10.9 Å². The Morgan fingerprint density at radius 2 is 1.92 bits per heavy atom. The number of carbonyl (C=O) groups is 1. The van der Waals surface area contributed by atoms with Crippen LogP contribution in [0.1, 0.15) is 16.1 Å². The number of hydrogen-bond donors (Lipinski definition) is 2. The van der Waals surface area contributed by atoms with E-state index in [9.17, 15) is 13.6 Å². The Kier molecular flexibility index (Phi) is 4.95. The van der Waals surface area contributed by atoms with Gasteiger partial charge in [0.2, 0.25) is 0 Å². The van der Waals surface area contributed by atoms with E-state index in [0.29, 0.717) is 10.6 Å². The molecule has 3 aromatic rings. The molecule has 0 radical (unpaired) electrons. The van der Waals surface area contributed by atoms with Crippen molar-refractivity contribution in [3.05, 3.63) is 64.8 Å². The third-order valence-corrected chi connectivity index (χ3v) is 3.75. The zero-order chi connectivity index (χ0) is 17.8. The van der Waals surface area contributed by atoms with Gasteiger partial charge in [-0.3, -0.25) is 4.79 Å². The molecular formula is C17H12ClF2N3O2. The summed E-state index contributed by atoms with van der Waals surface area (Å²) in [6.07, 6.45) is 1.38. The Morgan fingerprint density at radius 3 is 2.60 bits per heavy atom. The largest absolute Gasteiger partial charge is 0.435 e. The van der Waals surface area contributed by atoms with Gasteiger partial charge in [0.15, 0.2) is 0 Å². The van der Waals surface area contributed by atoms with Crippen LogP contribution in [0.5, 0.6) is 5.75 Å². The third-order valence-electron chi connectivity index (χ3n) is 3.35. The van der Waals surface area contributed by atoms with Crippen molar-refractivity contribution < 1.29 is 18.3 Å². The number of ether oxygens (including phenoxy) is 1. The Balaban J connectivity index is 1.67. The fraction of sp³-hybridized carbons (Fsp3) is 0.0588. The van der Waals surface area contributed by atoms with Crippen LogP contribution in [0.2, 0.25) is 5.02 Å². The minimum Gasteiger partial charge on any atom is -0.435 e. The number of H-pyrrole nitrogens is 1. The lowest BCUT2D eigenvalue weighted by molar-refractivity contribution is -0.0498. The summed E-state index contributed by atoms with van der Waals surface area (Å²) in [6, 6.07) is 13.1. The fourth-order valence-electron chi connectivity index (χ4n) is 2.22. The van der Waals surface area contributed by atoms with Gasteiger partial charge in [-0.15, -0.1) is 0 Å². The molecule has 2 N–H and O–H groups in total. The molecule has 3 rings (SSSR count). The summed E-state index contributed by atoms with van der Waals surface area (Å²) >= 11 is 6.19. The second kappa shape index (κ2) is 7.31. The van der Waals surface area contributed by atoms with Crippen molar-refractivity contribution >= 4 is 34.6 Å². The number of nitrogens with one attached hydrogen (secondary N) is 2. The van der Waals surface area contributed by atoms with E-state index in [1.807, 2.05) is 18.2 Å². The van der Waals surface area contributed by atoms with Crippen molar-refractivity contribution in [1.82, 2.24) is 10.4 Å². The molecule has 1 heterocycles. The van der Waals surface area contributed by atoms with Gasteiger partial charge in [0, 0.05) is 10.9 Å². The number of amides is 1. The number of carbonyl (C=O) groups excluding carboxylic acids is 1. The van der Waals surface area contributed by atoms with E-state index in [4.69, 9.17) is 11.6 Å². The van der Waals surface area contributed by atoms with Crippen LogP contribution in [0.15, 0.2) is 53.6 Å². The number of aromatic amines is 1. The number of halogens is 3. The zero-order valence-electron chi connectivity index (χ0n) is 12.7. The van der Waals surface area contributed by atoms with E-state index in [2.05, 4.69) is 20.2 Å². The number of hydrazone groups is 1. The molecule has 5 nitrogen and oxygen atoms in total. The van der Waals surface area contributed by atoms with Crippen molar-refractivity contribution in [3.8, 4) is 5.75 Å². The summed E-state index contributed by atoms with van der Waals surface area (Å²) in [5.41, 5.74) is 3.92. The first-order valence-electron chi connectivity index (χ1n) is 7.19. The van der Waals surface area contributed by atoms with Crippen molar-refractivity contribution in [2.45, 2.75) is 6.61 Å². The predicted octanol–water partition coefficient (Wildman–Crippen LogP) is 4.19. The number of benzene rings is 2. The minimum absolute atomic E-state index is 0.0426. The molecule has 0 aliphatic rings. The van der Waals surface area contributed by atoms with Gasteiger partial charge in [0.25, 0.3) is 5.91 Å². The first-order chi connectivity index (χ1) is 12.0. The third kappa shape index (κ3) is 3.95. The van der Waals surface area contributed by atoms with Gasteiger partial charge >= 0.3 is 6.61 Å². The number of aromatic nitrogens is 1. The highest BCUT2D eigenvalue weighted by Gasteiger charge is 2.15. The van der Waals surface area contributed by atoms with Crippen LogP contribution < -0.4 is 10.2 Å². The monoisotopic (exact) mass is 363 g/mol. The molecule has 0 saturated carbocycles. The Hall–Kier alpha value is -2.93. The van der Waals surface area contributed by atoms with Crippen molar-refractivity contribution in [2.75, 3.05) is 0 Å². The Bertz CT molecular complexity index is 923. The number of nitrogens with zero attached hydrogens (tertiary/aromatic N) is 1. The summed E-state index contributed by atoms with van der Waals surface area (Å²) in [4.78, 5) is 15.1. The lowest BCUT2D eigenvalue weighted by Crippen LogP contribution is -2.18. The molecule has 0 aliphatic carbocycles. The molecule has 0 fully saturated rings. The summed E-state index contributed by atoms with van der Waals surface area (Å²) in [5, 5.41) is 4.89. The molecule has 0 atom stereocenters. The lowest BCUT2D eigenvalue weighted by atomic mass is 10.2. The Morgan fingerprint density at radius 1 is 1.20 bits per heavy atom. The van der Waals surface area contributed by atoms with E-state index >= 15 is 0 Å². The van der Waals surface area contributed by atoms with Crippen LogP contribution in [-0.2, 0) is 0 Å². The first kappa shape index (κ1) is 16.9. The number of rotatable bonds is 5. The van der Waals surface area contributed by atoms with E-state index in [1.165, 1.54) is 30.5 Å². The average Bonchev–Trinajstić information content (AvgIpc) is 2.93. The molecule has 25 heavy (non-hydrogen) atoms. The predicted molar refractivity (Wildman–Crippen MR) is 91.4 cm³/mol. The summed E-state index contributed by atoms with van der Waals surface area (Å²) in [6.45, 7) is -2.88. The van der Waals surface area contributed by atoms with Gasteiger partial charge < -0.3 is 9.72 Å². The Labute approximate surface area is 146 Å². The van der Waals surface area contributed by atoms with E-state index in [-0.39, 0.29) is 11.4 Å². The molecule has 0 aliphatic heterocycles. The molecule has 0 spiro atoms. The van der Waals surface area contributed by atoms with E-state index in [1.54, 1.807) is 6.07 Å². The fourth-order valence-corrected chi connectivity index (χ4v) is 2.52. The van der Waals surface area contributed by atoms with Crippen LogP contribution >= 0.6 is 11.6 Å². The van der Waals surface area contributed by atoms with Gasteiger partial charge in [-0.05, 0) is 35.9 Å². The number of para-hydroxylation sites is 1. The summed E-state index contributed by atoms with van der Waals surface area (Å²) < 4.78 is 28.4. The van der Waals surface area contributed by atoms with Gasteiger partial charge in [-0.1, -0.05) is 29.8 Å². The maximum absolute atomic E-state index is 12.2. The molecule has 1 aromatic heterocycles. The number of hydrogen-bond acceptors (Lipinski definition) is 3. The van der Waals surface area contributed by atoms with Crippen LogP contribution in [0, 0.1) is 0 Å². The molecule has 8 heteroatoms. The van der Waals surface area contributed by atoms with Crippen molar-refractivity contribution in [3.63, 3.8) is 0 Å². The zero-order valence-corrected chi connectivity index (χ0v) is 13.4. The SMILES string of the molecule is O=C(N/N=C\c1ccc(OC(F)F)cc1)c1[nH]c2ccccc2c1Cl. The van der Waals surface area contributed by atoms with E-state index < -0.39 is 12.5 Å². The number of alkyl halides is 2. The molecule has 0 bridgehead atoms. The van der Waals surface area contributed by atoms with Gasteiger partial charge in [0.1, 0.15) is 11.4 Å². The van der Waals surface area contributed by atoms with Crippen molar-refractivity contribution in [2.24, 2.45) is 5.10 Å². The summed E-state index contributed by atoms with van der Waals surface area (Å²) in [5.74, 6) is -0.448. The molecule has 2 aromatic carbocycles. The smallest absolute Gasteiger partial charge is 0.387 e.